The summed E-state index contributed by atoms with van der Waals surface area (Å²) in [6.45, 7) is 5.39. The van der Waals surface area contributed by atoms with Gasteiger partial charge in [0.2, 0.25) is 0 Å². The van der Waals surface area contributed by atoms with Gasteiger partial charge in [0, 0.05) is 36.5 Å². The van der Waals surface area contributed by atoms with Crippen LogP contribution < -0.4 is 19.8 Å². The maximum atomic E-state index is 13.8. The van der Waals surface area contributed by atoms with E-state index in [-0.39, 0.29) is 17.9 Å². The van der Waals surface area contributed by atoms with Gasteiger partial charge in [-0.05, 0) is 44.4 Å². The molecule has 0 radical (unpaired) electrons. The molecule has 190 valence electrons. The summed E-state index contributed by atoms with van der Waals surface area (Å²) in [6.07, 6.45) is 3.80. The molecule has 0 unspecified atom stereocenters. The van der Waals surface area contributed by atoms with Gasteiger partial charge in [-0.15, -0.1) is 0 Å². The molecule has 1 atom stereocenters. The fourth-order valence-corrected chi connectivity index (χ4v) is 5.94. The molecule has 0 bridgehead atoms. The minimum Gasteiger partial charge on any atom is -0.463 e. The largest absolute Gasteiger partial charge is 0.463 e. The van der Waals surface area contributed by atoms with Crippen molar-refractivity contribution in [2.24, 2.45) is 4.99 Å². The molecule has 2 aliphatic rings. The van der Waals surface area contributed by atoms with Crippen molar-refractivity contribution in [1.29, 1.82) is 0 Å². The van der Waals surface area contributed by atoms with E-state index in [9.17, 15) is 19.7 Å². The smallest absolute Gasteiger partial charge is 0.338 e. The summed E-state index contributed by atoms with van der Waals surface area (Å²) in [6, 6.07) is 13.4. The van der Waals surface area contributed by atoms with E-state index in [0.717, 1.165) is 37.2 Å². The summed E-state index contributed by atoms with van der Waals surface area (Å²) in [5.41, 5.74) is 2.69. The molecule has 1 aromatic heterocycles. The van der Waals surface area contributed by atoms with Crippen molar-refractivity contribution < 1.29 is 14.5 Å². The number of carbonyl (C=O) groups excluding carboxylic acids is 1. The van der Waals surface area contributed by atoms with Crippen molar-refractivity contribution in [2.45, 2.75) is 32.7 Å². The molecule has 5 rings (SSSR count). The lowest BCUT2D eigenvalue weighted by Gasteiger charge is -2.24. The fourth-order valence-electron chi connectivity index (χ4n) is 4.90. The van der Waals surface area contributed by atoms with Crippen LogP contribution in [0.3, 0.4) is 0 Å². The summed E-state index contributed by atoms with van der Waals surface area (Å²) in [5.74, 6) is -0.512. The molecule has 9 nitrogen and oxygen atoms in total. The highest BCUT2D eigenvalue weighted by molar-refractivity contribution is 7.07. The molecule has 3 heterocycles. The van der Waals surface area contributed by atoms with E-state index in [2.05, 4.69) is 9.89 Å². The number of rotatable bonds is 6. The lowest BCUT2D eigenvalue weighted by atomic mass is 9.96. The fraction of sp³-hybridized carbons (Fsp3) is 0.296. The van der Waals surface area contributed by atoms with Gasteiger partial charge in [-0.3, -0.25) is 19.5 Å². The predicted molar refractivity (Wildman–Crippen MR) is 141 cm³/mol. The van der Waals surface area contributed by atoms with E-state index in [1.165, 1.54) is 28.0 Å². The zero-order chi connectivity index (χ0) is 26.1. The van der Waals surface area contributed by atoms with Crippen LogP contribution in [0.1, 0.15) is 43.9 Å². The SMILES string of the molecule is CCOC(=O)C1=C(C)N=c2sc(=Cc3cc([N+](=O)[O-])ccc3N3CCCC3)c(=O)n2[C@H]1c1ccccc1. The van der Waals surface area contributed by atoms with Gasteiger partial charge in [-0.2, -0.15) is 0 Å². The second kappa shape index (κ2) is 10.1. The molecule has 1 saturated heterocycles. The quantitative estimate of drug-likeness (QED) is 0.282. The number of fused-ring (bicyclic) bond motifs is 1. The number of nitrogens with zero attached hydrogens (tertiary/aromatic N) is 4. The maximum Gasteiger partial charge on any atom is 0.338 e. The van der Waals surface area contributed by atoms with Crippen LogP contribution in [-0.4, -0.2) is 35.2 Å². The topological polar surface area (TPSA) is 107 Å². The summed E-state index contributed by atoms with van der Waals surface area (Å²) < 4.78 is 7.24. The highest BCUT2D eigenvalue weighted by Crippen LogP contribution is 2.31. The van der Waals surface area contributed by atoms with E-state index < -0.39 is 16.9 Å². The third-order valence-corrected chi connectivity index (χ3v) is 7.57. The Labute approximate surface area is 216 Å². The van der Waals surface area contributed by atoms with Crippen molar-refractivity contribution in [3.05, 3.63) is 101 Å². The number of anilines is 1. The van der Waals surface area contributed by atoms with Gasteiger partial charge in [0.25, 0.3) is 11.2 Å². The Morgan fingerprint density at radius 3 is 2.62 bits per heavy atom. The van der Waals surface area contributed by atoms with Crippen molar-refractivity contribution in [3.8, 4) is 0 Å². The first-order valence-corrected chi connectivity index (χ1v) is 13.0. The Kier molecular flexibility index (Phi) is 6.75. The Balaban J connectivity index is 1.72. The molecule has 2 aliphatic heterocycles. The minimum absolute atomic E-state index is 0.0374. The average Bonchev–Trinajstić information content (AvgIpc) is 3.52. The molecular weight excluding hydrogens is 492 g/mol. The van der Waals surface area contributed by atoms with Gasteiger partial charge in [0.15, 0.2) is 4.80 Å². The van der Waals surface area contributed by atoms with E-state index in [1.54, 1.807) is 26.0 Å². The van der Waals surface area contributed by atoms with Gasteiger partial charge in [0.05, 0.1) is 33.4 Å². The summed E-state index contributed by atoms with van der Waals surface area (Å²) in [5, 5.41) is 11.5. The number of thiazole rings is 1. The Hall–Kier alpha value is -4.05. The van der Waals surface area contributed by atoms with Gasteiger partial charge in [-0.1, -0.05) is 41.7 Å². The number of nitro groups is 1. The van der Waals surface area contributed by atoms with Crippen LogP contribution in [0.15, 0.2) is 69.6 Å². The summed E-state index contributed by atoms with van der Waals surface area (Å²) >= 11 is 1.21. The van der Waals surface area contributed by atoms with Gasteiger partial charge >= 0.3 is 5.97 Å². The summed E-state index contributed by atoms with van der Waals surface area (Å²) in [4.78, 5) is 45.1. The predicted octanol–water partition coefficient (Wildman–Crippen LogP) is 3.31. The van der Waals surface area contributed by atoms with Crippen LogP contribution in [-0.2, 0) is 9.53 Å². The van der Waals surface area contributed by atoms with Crippen LogP contribution in [0, 0.1) is 10.1 Å². The molecule has 2 aromatic carbocycles. The summed E-state index contributed by atoms with van der Waals surface area (Å²) in [7, 11) is 0. The lowest BCUT2D eigenvalue weighted by Crippen LogP contribution is -2.39. The molecule has 37 heavy (non-hydrogen) atoms. The number of nitro benzene ring substituents is 1. The van der Waals surface area contributed by atoms with Crippen LogP contribution >= 0.6 is 11.3 Å². The zero-order valence-electron chi connectivity index (χ0n) is 20.5. The normalized spacial score (nSPS) is 17.5. The van der Waals surface area contributed by atoms with E-state index >= 15 is 0 Å². The number of non-ortho nitro benzene ring substituents is 1. The molecular formula is C27H26N4O5S. The average molecular weight is 519 g/mol. The first-order chi connectivity index (χ1) is 17.9. The Morgan fingerprint density at radius 2 is 1.95 bits per heavy atom. The zero-order valence-corrected chi connectivity index (χ0v) is 21.4. The molecule has 0 spiro atoms. The lowest BCUT2D eigenvalue weighted by molar-refractivity contribution is -0.384. The highest BCUT2D eigenvalue weighted by Gasteiger charge is 2.33. The number of hydrogen-bond donors (Lipinski definition) is 0. The molecule has 1 fully saturated rings. The third kappa shape index (κ3) is 4.60. The number of esters is 1. The molecule has 3 aromatic rings. The maximum absolute atomic E-state index is 13.8. The van der Waals surface area contributed by atoms with Crippen molar-refractivity contribution in [1.82, 2.24) is 4.57 Å². The third-order valence-electron chi connectivity index (χ3n) is 6.59. The second-order valence-electron chi connectivity index (χ2n) is 8.91. The van der Waals surface area contributed by atoms with E-state index in [0.29, 0.717) is 26.2 Å². The van der Waals surface area contributed by atoms with E-state index in [4.69, 9.17) is 4.74 Å². The number of benzene rings is 2. The van der Waals surface area contributed by atoms with Crippen LogP contribution in [0.4, 0.5) is 11.4 Å². The van der Waals surface area contributed by atoms with Gasteiger partial charge in [0.1, 0.15) is 0 Å². The van der Waals surface area contributed by atoms with Crippen molar-refractivity contribution >= 4 is 34.8 Å². The van der Waals surface area contributed by atoms with Gasteiger partial charge < -0.3 is 9.64 Å². The standard InChI is InChI=1S/C27H26N4O5S/c1-3-36-26(33)23-17(2)28-27-30(24(23)18-9-5-4-6-10-18)25(32)22(37-27)16-19-15-20(31(34)35)11-12-21(19)29-13-7-8-14-29/h4-6,9-12,15-16,24H,3,7-8,13-14H2,1-2H3/t24-/m0/s1. The second-order valence-corrected chi connectivity index (χ2v) is 9.92. The first kappa shape index (κ1) is 24.6. The molecule has 0 saturated carbocycles. The van der Waals surface area contributed by atoms with Gasteiger partial charge in [-0.25, -0.2) is 9.79 Å². The number of aromatic nitrogens is 1. The minimum atomic E-state index is -0.693. The van der Waals surface area contributed by atoms with Crippen LogP contribution in [0.2, 0.25) is 0 Å². The highest BCUT2D eigenvalue weighted by atomic mass is 32.1. The number of ether oxygens (including phenoxy) is 1. The first-order valence-electron chi connectivity index (χ1n) is 12.2. The van der Waals surface area contributed by atoms with Crippen LogP contribution in [0.5, 0.6) is 0 Å². The Morgan fingerprint density at radius 1 is 1.22 bits per heavy atom. The van der Waals surface area contributed by atoms with E-state index in [1.807, 2.05) is 30.3 Å². The van der Waals surface area contributed by atoms with Crippen molar-refractivity contribution in [3.63, 3.8) is 0 Å². The number of hydrogen-bond acceptors (Lipinski definition) is 8. The number of allylic oxidation sites excluding steroid dienone is 1. The molecule has 0 amide bonds. The Bertz CT molecular complexity index is 1580. The molecule has 0 aliphatic carbocycles. The van der Waals surface area contributed by atoms with Crippen molar-refractivity contribution in [2.75, 3.05) is 24.6 Å². The number of carbonyl (C=O) groups is 1. The molecule has 10 heteroatoms. The molecule has 0 N–H and O–H groups in total. The van der Waals surface area contributed by atoms with Crippen LogP contribution in [0.25, 0.3) is 6.08 Å². The monoisotopic (exact) mass is 518 g/mol.